The number of ether oxygens (including phenoxy) is 2. The molecule has 4 aliphatic rings. The molecule has 6 rings (SSSR count). The number of carbonyl (C=O) groups excluding carboxylic acids is 2. The van der Waals surface area contributed by atoms with Gasteiger partial charge in [-0.05, 0) is 106 Å². The first-order valence-electron chi connectivity index (χ1n) is 15.2. The molecule has 2 amide bonds. The zero-order valence-electron chi connectivity index (χ0n) is 24.7. The van der Waals surface area contributed by atoms with E-state index in [-0.39, 0.29) is 23.8 Å². The predicted octanol–water partition coefficient (Wildman–Crippen LogP) is 6.49. The summed E-state index contributed by atoms with van der Waals surface area (Å²) >= 11 is 1.73. The molecule has 1 aromatic heterocycles. The van der Waals surface area contributed by atoms with Crippen molar-refractivity contribution < 1.29 is 19.1 Å². The maximum atomic E-state index is 14.3. The van der Waals surface area contributed by atoms with E-state index in [4.69, 9.17) is 9.47 Å². The van der Waals surface area contributed by atoms with Crippen LogP contribution in [0, 0.1) is 30.1 Å². The van der Waals surface area contributed by atoms with E-state index in [1.54, 1.807) is 25.6 Å². The standard InChI is InChI=1S/C33H46N2O4S/c1-5-6-12-35(32(37)33-18-25-14-26(19-33)16-27(15-25)20-33)22-31(36)34(21-28-9-7-23(2)40-28)13-11-24-8-10-29(38-3)30(17-24)39-4/h7-10,17,25-27H,5-6,11-16,18-22H2,1-4H3. The van der Waals surface area contributed by atoms with Crippen LogP contribution in [0.4, 0.5) is 0 Å². The lowest BCUT2D eigenvalue weighted by molar-refractivity contribution is -0.160. The fraction of sp³-hybridized carbons (Fsp3) is 0.636. The van der Waals surface area contributed by atoms with E-state index in [0.717, 1.165) is 37.7 Å². The summed E-state index contributed by atoms with van der Waals surface area (Å²) in [6, 6.07) is 10.2. The van der Waals surface area contributed by atoms with Gasteiger partial charge in [0.1, 0.15) is 0 Å². The number of amides is 2. The van der Waals surface area contributed by atoms with Crippen LogP contribution >= 0.6 is 11.3 Å². The highest BCUT2D eigenvalue weighted by molar-refractivity contribution is 7.11. The van der Waals surface area contributed by atoms with Crippen molar-refractivity contribution in [3.05, 3.63) is 45.6 Å². The maximum Gasteiger partial charge on any atom is 0.242 e. The van der Waals surface area contributed by atoms with Crippen LogP contribution in [0.3, 0.4) is 0 Å². The van der Waals surface area contributed by atoms with Crippen molar-refractivity contribution in [3.8, 4) is 11.5 Å². The van der Waals surface area contributed by atoms with Gasteiger partial charge in [0.05, 0.1) is 32.7 Å². The number of hydrogen-bond donors (Lipinski definition) is 0. The van der Waals surface area contributed by atoms with E-state index in [0.29, 0.717) is 55.3 Å². The first-order valence-corrected chi connectivity index (χ1v) is 16.0. The van der Waals surface area contributed by atoms with E-state index < -0.39 is 0 Å². The number of benzene rings is 1. The Kier molecular flexibility index (Phi) is 9.08. The topological polar surface area (TPSA) is 59.1 Å². The predicted molar refractivity (Wildman–Crippen MR) is 160 cm³/mol. The number of nitrogens with zero attached hydrogens (tertiary/aromatic N) is 2. The molecule has 218 valence electrons. The molecule has 4 bridgehead atoms. The second-order valence-electron chi connectivity index (χ2n) is 12.5. The Labute approximate surface area is 244 Å². The average Bonchev–Trinajstić information content (AvgIpc) is 3.36. The van der Waals surface area contributed by atoms with Crippen LogP contribution in [-0.4, -0.2) is 55.5 Å². The first kappa shape index (κ1) is 29.0. The Morgan fingerprint density at radius 1 is 0.925 bits per heavy atom. The molecule has 0 saturated heterocycles. The van der Waals surface area contributed by atoms with Gasteiger partial charge in [-0.25, -0.2) is 0 Å². The number of thiophene rings is 1. The van der Waals surface area contributed by atoms with Crippen LogP contribution < -0.4 is 9.47 Å². The Bertz CT molecular complexity index is 1160. The van der Waals surface area contributed by atoms with Crippen molar-refractivity contribution in [2.75, 3.05) is 33.9 Å². The Balaban J connectivity index is 1.32. The summed E-state index contributed by atoms with van der Waals surface area (Å²) in [6.45, 7) is 6.25. The summed E-state index contributed by atoms with van der Waals surface area (Å²) in [5.74, 6) is 3.82. The summed E-state index contributed by atoms with van der Waals surface area (Å²) in [5, 5.41) is 0. The molecule has 0 spiro atoms. The second kappa shape index (κ2) is 12.5. The smallest absolute Gasteiger partial charge is 0.242 e. The van der Waals surface area contributed by atoms with Crippen molar-refractivity contribution in [1.29, 1.82) is 0 Å². The number of unbranched alkanes of at least 4 members (excludes halogenated alkanes) is 1. The fourth-order valence-electron chi connectivity index (χ4n) is 7.92. The van der Waals surface area contributed by atoms with Crippen LogP contribution in [0.5, 0.6) is 11.5 Å². The summed E-state index contributed by atoms with van der Waals surface area (Å²) in [7, 11) is 3.28. The van der Waals surface area contributed by atoms with E-state index in [2.05, 4.69) is 26.0 Å². The summed E-state index contributed by atoms with van der Waals surface area (Å²) < 4.78 is 10.9. The minimum atomic E-state index is -0.224. The van der Waals surface area contributed by atoms with Gasteiger partial charge in [-0.15, -0.1) is 11.3 Å². The van der Waals surface area contributed by atoms with Crippen LogP contribution in [0.25, 0.3) is 0 Å². The lowest BCUT2D eigenvalue weighted by Crippen LogP contribution is -2.56. The molecule has 1 aromatic carbocycles. The zero-order valence-corrected chi connectivity index (χ0v) is 25.6. The van der Waals surface area contributed by atoms with Crippen LogP contribution in [0.1, 0.15) is 73.6 Å². The van der Waals surface area contributed by atoms with E-state index in [1.165, 1.54) is 29.0 Å². The second-order valence-corrected chi connectivity index (χ2v) is 13.9. The molecule has 7 heteroatoms. The minimum absolute atomic E-state index is 0.0423. The quantitative estimate of drug-likeness (QED) is 0.278. The third kappa shape index (κ3) is 6.35. The molecular weight excluding hydrogens is 520 g/mol. The Morgan fingerprint density at radius 3 is 2.17 bits per heavy atom. The van der Waals surface area contributed by atoms with Crippen molar-refractivity contribution >= 4 is 23.2 Å². The molecule has 4 aliphatic carbocycles. The Morgan fingerprint density at radius 2 is 1.60 bits per heavy atom. The van der Waals surface area contributed by atoms with Gasteiger partial charge in [0.25, 0.3) is 0 Å². The van der Waals surface area contributed by atoms with E-state index in [1.807, 2.05) is 28.0 Å². The average molecular weight is 567 g/mol. The number of carbonyl (C=O) groups is 2. The molecule has 4 saturated carbocycles. The molecule has 4 fully saturated rings. The van der Waals surface area contributed by atoms with Crippen LogP contribution in [0.2, 0.25) is 0 Å². The van der Waals surface area contributed by atoms with Gasteiger partial charge in [-0.3, -0.25) is 9.59 Å². The highest BCUT2D eigenvalue weighted by Gasteiger charge is 2.55. The zero-order chi connectivity index (χ0) is 28.3. The monoisotopic (exact) mass is 566 g/mol. The number of hydrogen-bond acceptors (Lipinski definition) is 5. The molecule has 6 nitrogen and oxygen atoms in total. The van der Waals surface area contributed by atoms with Crippen LogP contribution in [-0.2, 0) is 22.6 Å². The highest BCUT2D eigenvalue weighted by Crippen LogP contribution is 2.60. The fourth-order valence-corrected chi connectivity index (χ4v) is 8.83. The third-order valence-electron chi connectivity index (χ3n) is 9.50. The van der Waals surface area contributed by atoms with E-state index in [9.17, 15) is 9.59 Å². The first-order chi connectivity index (χ1) is 19.3. The summed E-state index contributed by atoms with van der Waals surface area (Å²) in [4.78, 5) is 34.6. The summed E-state index contributed by atoms with van der Waals surface area (Å²) in [6.07, 6.45) is 9.68. The molecule has 40 heavy (non-hydrogen) atoms. The SMILES string of the molecule is CCCCN(CC(=O)N(CCc1ccc(OC)c(OC)c1)Cc1ccc(C)s1)C(=O)C12CC3CC(CC(C3)C1)C2. The maximum absolute atomic E-state index is 14.3. The van der Waals surface area contributed by atoms with Crippen molar-refractivity contribution in [1.82, 2.24) is 9.80 Å². The van der Waals surface area contributed by atoms with Gasteiger partial charge in [-0.1, -0.05) is 19.4 Å². The van der Waals surface area contributed by atoms with E-state index >= 15 is 0 Å². The number of rotatable bonds is 13. The van der Waals surface area contributed by atoms with Gasteiger partial charge in [0.2, 0.25) is 11.8 Å². The lowest BCUT2D eigenvalue weighted by atomic mass is 9.49. The minimum Gasteiger partial charge on any atom is -0.493 e. The number of methoxy groups -OCH3 is 2. The molecular formula is C33H46N2O4S. The van der Waals surface area contributed by atoms with Gasteiger partial charge >= 0.3 is 0 Å². The lowest BCUT2D eigenvalue weighted by Gasteiger charge is -2.56. The molecule has 0 aliphatic heterocycles. The van der Waals surface area contributed by atoms with Gasteiger partial charge < -0.3 is 19.3 Å². The van der Waals surface area contributed by atoms with Gasteiger partial charge in [-0.2, -0.15) is 0 Å². The molecule has 0 radical (unpaired) electrons. The molecule has 0 atom stereocenters. The van der Waals surface area contributed by atoms with Crippen molar-refractivity contribution in [3.63, 3.8) is 0 Å². The van der Waals surface area contributed by atoms with Gasteiger partial charge in [0, 0.05) is 22.8 Å². The Hall–Kier alpha value is -2.54. The normalized spacial score (nSPS) is 24.6. The van der Waals surface area contributed by atoms with Crippen molar-refractivity contribution in [2.45, 2.75) is 78.2 Å². The molecule has 0 unspecified atom stereocenters. The van der Waals surface area contributed by atoms with Gasteiger partial charge in [0.15, 0.2) is 11.5 Å². The number of aryl methyl sites for hydroxylation is 1. The molecule has 1 heterocycles. The molecule has 2 aromatic rings. The third-order valence-corrected chi connectivity index (χ3v) is 10.5. The summed E-state index contributed by atoms with van der Waals surface area (Å²) in [5.41, 5.74) is 0.864. The highest BCUT2D eigenvalue weighted by atomic mass is 32.1. The molecule has 0 N–H and O–H groups in total. The van der Waals surface area contributed by atoms with Crippen molar-refractivity contribution in [2.24, 2.45) is 23.2 Å². The van der Waals surface area contributed by atoms with Crippen LogP contribution in [0.15, 0.2) is 30.3 Å². The largest absolute Gasteiger partial charge is 0.493 e.